The van der Waals surface area contributed by atoms with Gasteiger partial charge in [-0.15, -0.1) is 0 Å². The molecular weight excluding hydrogens is 369 g/mol. The van der Waals surface area contributed by atoms with Gasteiger partial charge in [-0.25, -0.2) is 4.79 Å². The standard InChI is InChI=1S/C14H22N3O8P/c1-22-10-6-12(25-11(10)8-24-26(20,21)23-2)17-7-9(4-3-5-15)13(18)16-14(17)19/h3-4,7,10-12H,5-6,8,15H2,1-2H3,(H,20,21)(H,16,18,19)/p-1/b4-3+. The number of phosphoric acid groups is 1. The molecule has 1 aliphatic heterocycles. The summed E-state index contributed by atoms with van der Waals surface area (Å²) < 4.78 is 32.4. The summed E-state index contributed by atoms with van der Waals surface area (Å²) in [6.07, 6.45) is 2.64. The van der Waals surface area contributed by atoms with Crippen molar-refractivity contribution in [3.05, 3.63) is 38.7 Å². The normalized spacial score (nSPS) is 25.6. The van der Waals surface area contributed by atoms with Gasteiger partial charge in [0.25, 0.3) is 13.4 Å². The molecule has 4 atom stereocenters. The van der Waals surface area contributed by atoms with Crippen LogP contribution in [0.25, 0.3) is 6.08 Å². The fourth-order valence-electron chi connectivity index (χ4n) is 2.52. The zero-order valence-electron chi connectivity index (χ0n) is 14.3. The summed E-state index contributed by atoms with van der Waals surface area (Å²) in [5.74, 6) is 0. The van der Waals surface area contributed by atoms with Gasteiger partial charge in [0.1, 0.15) is 12.3 Å². The largest absolute Gasteiger partial charge is 0.756 e. The molecule has 2 heterocycles. The minimum atomic E-state index is -4.41. The molecule has 2 rings (SSSR count). The number of rotatable bonds is 8. The summed E-state index contributed by atoms with van der Waals surface area (Å²) in [7, 11) is -2.00. The van der Waals surface area contributed by atoms with Crippen molar-refractivity contribution in [1.29, 1.82) is 0 Å². The van der Waals surface area contributed by atoms with E-state index in [1.807, 2.05) is 0 Å². The highest BCUT2D eigenvalue weighted by molar-refractivity contribution is 7.45. The molecule has 0 aliphatic carbocycles. The van der Waals surface area contributed by atoms with Gasteiger partial charge < -0.3 is 29.1 Å². The van der Waals surface area contributed by atoms with E-state index in [2.05, 4.69) is 9.51 Å². The fraction of sp³-hybridized carbons (Fsp3) is 0.571. The van der Waals surface area contributed by atoms with Gasteiger partial charge in [0.15, 0.2) is 0 Å². The molecule has 12 heteroatoms. The van der Waals surface area contributed by atoms with Gasteiger partial charge in [-0.05, 0) is 0 Å². The number of hydrogen-bond acceptors (Lipinski definition) is 9. The van der Waals surface area contributed by atoms with E-state index in [9.17, 15) is 19.0 Å². The highest BCUT2D eigenvalue weighted by Crippen LogP contribution is 2.39. The number of aromatic amines is 1. The number of hydrogen-bond donors (Lipinski definition) is 2. The predicted molar refractivity (Wildman–Crippen MR) is 89.3 cm³/mol. The van der Waals surface area contributed by atoms with Crippen LogP contribution < -0.4 is 21.9 Å². The Balaban J connectivity index is 2.22. The third kappa shape index (κ3) is 4.98. The Morgan fingerprint density at radius 2 is 2.23 bits per heavy atom. The van der Waals surface area contributed by atoms with Crippen LogP contribution in [0.15, 0.2) is 21.9 Å². The summed E-state index contributed by atoms with van der Waals surface area (Å²) in [6.45, 7) is -0.0972. The molecule has 0 amide bonds. The van der Waals surface area contributed by atoms with Crippen molar-refractivity contribution in [3.63, 3.8) is 0 Å². The maximum atomic E-state index is 12.1. The number of nitrogens with zero attached hydrogens (tertiary/aromatic N) is 1. The topological polar surface area (TPSA) is 158 Å². The average Bonchev–Trinajstić information content (AvgIpc) is 3.02. The van der Waals surface area contributed by atoms with E-state index in [1.54, 1.807) is 6.08 Å². The molecule has 1 aromatic rings. The van der Waals surface area contributed by atoms with Crippen LogP contribution in [0.5, 0.6) is 0 Å². The molecule has 0 aromatic carbocycles. The van der Waals surface area contributed by atoms with Gasteiger partial charge in [0, 0.05) is 33.4 Å². The van der Waals surface area contributed by atoms with Crippen LogP contribution in [0.3, 0.4) is 0 Å². The smallest absolute Gasteiger partial charge is 0.330 e. The van der Waals surface area contributed by atoms with Crippen molar-refractivity contribution in [3.8, 4) is 0 Å². The van der Waals surface area contributed by atoms with E-state index in [-0.39, 0.29) is 25.1 Å². The van der Waals surface area contributed by atoms with Gasteiger partial charge in [0.2, 0.25) is 0 Å². The van der Waals surface area contributed by atoms with Crippen molar-refractivity contribution < 1.29 is 28.0 Å². The molecule has 0 bridgehead atoms. The quantitative estimate of drug-likeness (QED) is 0.528. The summed E-state index contributed by atoms with van der Waals surface area (Å²) in [4.78, 5) is 37.4. The first kappa shape index (κ1) is 20.7. The SMILES string of the molecule is COC1CC(n2cc(/C=C/CN)c(=O)[nH]c2=O)OC1COP(=O)([O-])OC. The summed E-state index contributed by atoms with van der Waals surface area (Å²) in [6, 6.07) is 0. The number of nitrogens with two attached hydrogens (primary N) is 1. The molecule has 0 spiro atoms. The monoisotopic (exact) mass is 390 g/mol. The van der Waals surface area contributed by atoms with Crippen LogP contribution in [0.1, 0.15) is 18.2 Å². The van der Waals surface area contributed by atoms with Crippen molar-refractivity contribution in [2.24, 2.45) is 5.73 Å². The van der Waals surface area contributed by atoms with Crippen LogP contribution in [-0.2, 0) is 23.1 Å². The number of nitrogens with one attached hydrogen (secondary N) is 1. The lowest BCUT2D eigenvalue weighted by atomic mass is 10.2. The molecule has 1 aromatic heterocycles. The van der Waals surface area contributed by atoms with Crippen molar-refractivity contribution in [2.75, 3.05) is 27.4 Å². The maximum Gasteiger partial charge on any atom is 0.330 e. The first-order chi connectivity index (χ1) is 12.3. The Kier molecular flexibility index (Phi) is 7.07. The highest BCUT2D eigenvalue weighted by atomic mass is 31.2. The molecule has 1 saturated heterocycles. The zero-order chi connectivity index (χ0) is 19.3. The molecular formula is C14H21N3O8P-. The molecule has 11 nitrogen and oxygen atoms in total. The number of methoxy groups -OCH3 is 1. The van der Waals surface area contributed by atoms with E-state index in [4.69, 9.17) is 19.7 Å². The number of phosphoric ester groups is 1. The highest BCUT2D eigenvalue weighted by Gasteiger charge is 2.37. The maximum absolute atomic E-state index is 12.1. The Hall–Kier alpha value is -1.59. The van der Waals surface area contributed by atoms with Crippen molar-refractivity contribution in [2.45, 2.75) is 24.9 Å². The number of aromatic nitrogens is 2. The van der Waals surface area contributed by atoms with Gasteiger partial charge >= 0.3 is 5.69 Å². The van der Waals surface area contributed by atoms with Gasteiger partial charge in [0.05, 0.1) is 18.3 Å². The van der Waals surface area contributed by atoms with E-state index < -0.39 is 37.5 Å². The molecule has 1 aliphatic rings. The molecule has 4 unspecified atom stereocenters. The summed E-state index contributed by atoms with van der Waals surface area (Å²) in [5, 5.41) is 0. The third-order valence-electron chi connectivity index (χ3n) is 3.84. The Morgan fingerprint density at radius 3 is 2.85 bits per heavy atom. The van der Waals surface area contributed by atoms with E-state index in [1.165, 1.54) is 23.9 Å². The fourth-order valence-corrected chi connectivity index (χ4v) is 2.95. The molecule has 1 fully saturated rings. The van der Waals surface area contributed by atoms with E-state index in [0.29, 0.717) is 0 Å². The minimum Gasteiger partial charge on any atom is -0.756 e. The minimum absolute atomic E-state index is 0.232. The first-order valence-electron chi connectivity index (χ1n) is 7.73. The van der Waals surface area contributed by atoms with Crippen LogP contribution in [0.4, 0.5) is 0 Å². The van der Waals surface area contributed by atoms with Gasteiger partial charge in [-0.3, -0.25) is 18.9 Å². The lowest BCUT2D eigenvalue weighted by Crippen LogP contribution is -2.33. The van der Waals surface area contributed by atoms with E-state index >= 15 is 0 Å². The van der Waals surface area contributed by atoms with Gasteiger partial charge in [-0.1, -0.05) is 12.2 Å². The second kappa shape index (κ2) is 8.87. The summed E-state index contributed by atoms with van der Waals surface area (Å²) in [5.41, 5.74) is 4.39. The Bertz CT molecular complexity index is 804. The Morgan fingerprint density at radius 1 is 1.50 bits per heavy atom. The number of ether oxygens (including phenoxy) is 2. The van der Waals surface area contributed by atoms with Crippen LogP contribution in [0.2, 0.25) is 0 Å². The second-order valence-corrected chi connectivity index (χ2v) is 6.97. The van der Waals surface area contributed by atoms with Crippen molar-refractivity contribution in [1.82, 2.24) is 9.55 Å². The molecule has 0 saturated carbocycles. The average molecular weight is 390 g/mol. The second-order valence-electron chi connectivity index (χ2n) is 5.45. The molecule has 146 valence electrons. The third-order valence-corrected chi connectivity index (χ3v) is 4.76. The lowest BCUT2D eigenvalue weighted by molar-refractivity contribution is -0.226. The van der Waals surface area contributed by atoms with Crippen LogP contribution in [-0.4, -0.2) is 49.1 Å². The van der Waals surface area contributed by atoms with Crippen LogP contribution in [0, 0.1) is 0 Å². The zero-order valence-corrected chi connectivity index (χ0v) is 15.2. The van der Waals surface area contributed by atoms with Gasteiger partial charge in [-0.2, -0.15) is 0 Å². The van der Waals surface area contributed by atoms with Crippen LogP contribution >= 0.6 is 7.82 Å². The van der Waals surface area contributed by atoms with E-state index in [0.717, 1.165) is 7.11 Å². The molecule has 26 heavy (non-hydrogen) atoms. The predicted octanol–water partition coefficient (Wildman–Crippen LogP) is -1.06. The lowest BCUT2D eigenvalue weighted by Gasteiger charge is -2.24. The molecule has 3 N–H and O–H groups in total. The summed E-state index contributed by atoms with van der Waals surface area (Å²) >= 11 is 0. The number of H-pyrrole nitrogens is 1. The molecule has 0 radical (unpaired) electrons. The van der Waals surface area contributed by atoms with Crippen molar-refractivity contribution >= 4 is 13.9 Å². The first-order valence-corrected chi connectivity index (χ1v) is 9.19. The Labute approximate surface area is 148 Å².